The summed E-state index contributed by atoms with van der Waals surface area (Å²) in [6, 6.07) is 16.0. The van der Waals surface area contributed by atoms with Crippen LogP contribution in [0.25, 0.3) is 11.0 Å². The van der Waals surface area contributed by atoms with Gasteiger partial charge in [0.1, 0.15) is 5.75 Å². The largest absolute Gasteiger partial charge is 0.493 e. The number of hydrogen-bond acceptors (Lipinski definition) is 4. The van der Waals surface area contributed by atoms with Crippen LogP contribution in [0, 0.1) is 0 Å². The quantitative estimate of drug-likeness (QED) is 0.697. The number of hydrogen-bond donors (Lipinski definition) is 1. The van der Waals surface area contributed by atoms with Gasteiger partial charge < -0.3 is 14.6 Å². The van der Waals surface area contributed by atoms with Crippen molar-refractivity contribution in [2.75, 3.05) is 12.4 Å². The van der Waals surface area contributed by atoms with Crippen LogP contribution in [0.1, 0.15) is 24.9 Å². The molecule has 1 aliphatic heterocycles. The maximum absolute atomic E-state index is 12.5. The Bertz CT molecular complexity index is 938. The zero-order valence-corrected chi connectivity index (χ0v) is 15.5. The van der Waals surface area contributed by atoms with Crippen LogP contribution < -0.4 is 10.1 Å². The second-order valence-corrected chi connectivity index (χ2v) is 7.15. The topological polar surface area (TPSA) is 56.2 Å². The predicted octanol–water partition coefficient (Wildman–Crippen LogP) is 3.79. The molecule has 5 nitrogen and oxygen atoms in total. The Labute approximate surface area is 156 Å². The molecule has 1 atom stereocenters. The normalized spacial score (nSPS) is 16.1. The van der Waals surface area contributed by atoms with Crippen molar-refractivity contribution in [1.29, 1.82) is 0 Å². The molecule has 0 unspecified atom stereocenters. The molecule has 2 aromatic carbocycles. The number of benzene rings is 2. The van der Waals surface area contributed by atoms with Crippen LogP contribution >= 0.6 is 11.8 Å². The highest BCUT2D eigenvalue weighted by atomic mass is 32.2. The molecule has 1 aromatic heterocycles. The Morgan fingerprint density at radius 3 is 2.96 bits per heavy atom. The van der Waals surface area contributed by atoms with Crippen molar-refractivity contribution in [3.63, 3.8) is 0 Å². The third kappa shape index (κ3) is 3.29. The minimum absolute atomic E-state index is 0.0121. The molecule has 0 radical (unpaired) electrons. The maximum atomic E-state index is 12.5. The molecule has 1 amide bonds. The Morgan fingerprint density at radius 2 is 2.08 bits per heavy atom. The molecule has 0 spiro atoms. The molecule has 1 aliphatic rings. The fraction of sp³-hybridized carbons (Fsp3) is 0.300. The smallest absolute Gasteiger partial charge is 0.230 e. The van der Waals surface area contributed by atoms with Crippen LogP contribution in [-0.2, 0) is 11.3 Å². The van der Waals surface area contributed by atoms with Gasteiger partial charge in [0, 0.05) is 18.5 Å². The van der Waals surface area contributed by atoms with Crippen LogP contribution in [-0.4, -0.2) is 27.8 Å². The van der Waals surface area contributed by atoms with E-state index in [9.17, 15) is 4.79 Å². The van der Waals surface area contributed by atoms with Crippen molar-refractivity contribution < 1.29 is 9.53 Å². The zero-order valence-electron chi connectivity index (χ0n) is 14.6. The van der Waals surface area contributed by atoms with E-state index >= 15 is 0 Å². The van der Waals surface area contributed by atoms with E-state index in [-0.39, 0.29) is 11.9 Å². The molecule has 0 bridgehead atoms. The summed E-state index contributed by atoms with van der Waals surface area (Å²) in [6.07, 6.45) is 0.793. The lowest BCUT2D eigenvalue weighted by Crippen LogP contribution is -2.33. The highest BCUT2D eigenvalue weighted by Gasteiger charge is 2.22. The van der Waals surface area contributed by atoms with E-state index in [0.29, 0.717) is 12.4 Å². The standard InChI is InChI=1S/C20H21N3O2S/c1-2-23-17-9-5-4-8-16(17)22-20(23)26-13-19(24)21-15-11-12-25-18-10-6-3-7-14(15)18/h3-10,15H,2,11-13H2,1H3,(H,21,24)/t15-/m0/s1. The Hall–Kier alpha value is -2.47. The van der Waals surface area contributed by atoms with E-state index in [1.54, 1.807) is 0 Å². The number of imidazole rings is 1. The molecular formula is C20H21N3O2S. The lowest BCUT2D eigenvalue weighted by atomic mass is 10.0. The lowest BCUT2D eigenvalue weighted by molar-refractivity contribution is -0.119. The number of amides is 1. The number of nitrogens with zero attached hydrogens (tertiary/aromatic N) is 2. The molecule has 1 N–H and O–H groups in total. The van der Waals surface area contributed by atoms with Gasteiger partial charge in [0.2, 0.25) is 5.91 Å². The number of carbonyl (C=O) groups excluding carboxylic acids is 1. The summed E-state index contributed by atoms with van der Waals surface area (Å²) in [5, 5.41) is 4.03. The number of nitrogens with one attached hydrogen (secondary N) is 1. The molecule has 4 rings (SSSR count). The fourth-order valence-electron chi connectivity index (χ4n) is 3.33. The van der Waals surface area contributed by atoms with Crippen LogP contribution in [0.15, 0.2) is 53.7 Å². The van der Waals surface area contributed by atoms with Crippen molar-refractivity contribution in [1.82, 2.24) is 14.9 Å². The Kier molecular flexibility index (Phi) is 4.84. The van der Waals surface area contributed by atoms with Crippen molar-refractivity contribution >= 4 is 28.7 Å². The van der Waals surface area contributed by atoms with Crippen molar-refractivity contribution in [3.05, 3.63) is 54.1 Å². The van der Waals surface area contributed by atoms with E-state index < -0.39 is 0 Å². The summed E-state index contributed by atoms with van der Waals surface area (Å²) in [7, 11) is 0. The number of fused-ring (bicyclic) bond motifs is 2. The SMILES string of the molecule is CCn1c(SCC(=O)N[C@H]2CCOc3ccccc32)nc2ccccc21. The molecule has 134 valence electrons. The van der Waals surface area contributed by atoms with E-state index in [4.69, 9.17) is 4.74 Å². The first-order chi connectivity index (χ1) is 12.8. The van der Waals surface area contributed by atoms with Crippen molar-refractivity contribution in [3.8, 4) is 5.75 Å². The van der Waals surface area contributed by atoms with Gasteiger partial charge in [0.05, 0.1) is 29.4 Å². The molecule has 26 heavy (non-hydrogen) atoms. The van der Waals surface area contributed by atoms with Crippen molar-refractivity contribution in [2.24, 2.45) is 0 Å². The molecule has 0 aliphatic carbocycles. The summed E-state index contributed by atoms with van der Waals surface area (Å²) >= 11 is 1.48. The zero-order chi connectivity index (χ0) is 17.9. The van der Waals surface area contributed by atoms with E-state index in [0.717, 1.165) is 40.5 Å². The summed E-state index contributed by atoms with van der Waals surface area (Å²) in [5.74, 6) is 1.24. The number of aryl methyl sites for hydroxylation is 1. The first-order valence-corrected chi connectivity index (χ1v) is 9.84. The van der Waals surface area contributed by atoms with Crippen molar-refractivity contribution in [2.45, 2.75) is 31.1 Å². The van der Waals surface area contributed by atoms with Crippen LogP contribution in [0.4, 0.5) is 0 Å². The highest BCUT2D eigenvalue weighted by molar-refractivity contribution is 7.99. The number of carbonyl (C=O) groups is 1. The monoisotopic (exact) mass is 367 g/mol. The highest BCUT2D eigenvalue weighted by Crippen LogP contribution is 2.31. The first-order valence-electron chi connectivity index (χ1n) is 8.85. The summed E-state index contributed by atoms with van der Waals surface area (Å²) < 4.78 is 7.81. The van der Waals surface area contributed by atoms with Crippen LogP contribution in [0.5, 0.6) is 5.75 Å². The van der Waals surface area contributed by atoms with Crippen LogP contribution in [0.2, 0.25) is 0 Å². The maximum Gasteiger partial charge on any atom is 0.230 e. The Balaban J connectivity index is 1.44. The summed E-state index contributed by atoms with van der Waals surface area (Å²) in [5.41, 5.74) is 3.13. The Morgan fingerprint density at radius 1 is 1.27 bits per heavy atom. The van der Waals surface area contributed by atoms with Gasteiger partial charge in [-0.05, 0) is 25.1 Å². The van der Waals surface area contributed by atoms with Gasteiger partial charge in [0.25, 0.3) is 0 Å². The number of ether oxygens (including phenoxy) is 1. The van der Waals surface area contributed by atoms with Crippen LogP contribution in [0.3, 0.4) is 0 Å². The second kappa shape index (κ2) is 7.41. The number of thioether (sulfide) groups is 1. The fourth-order valence-corrected chi connectivity index (χ4v) is 4.22. The molecule has 3 aromatic rings. The van der Waals surface area contributed by atoms with Gasteiger partial charge in [-0.25, -0.2) is 4.98 Å². The van der Waals surface area contributed by atoms with Gasteiger partial charge >= 0.3 is 0 Å². The van der Waals surface area contributed by atoms with Gasteiger partial charge in [-0.15, -0.1) is 0 Å². The molecule has 0 fully saturated rings. The number of para-hydroxylation sites is 3. The molecule has 6 heteroatoms. The van der Waals surface area contributed by atoms with E-state index in [1.165, 1.54) is 11.8 Å². The number of rotatable bonds is 5. The molecule has 0 saturated heterocycles. The predicted molar refractivity (Wildman–Crippen MR) is 104 cm³/mol. The second-order valence-electron chi connectivity index (χ2n) is 6.21. The summed E-state index contributed by atoms with van der Waals surface area (Å²) in [6.45, 7) is 3.55. The van der Waals surface area contributed by atoms with Gasteiger partial charge in [-0.2, -0.15) is 0 Å². The molecule has 2 heterocycles. The minimum Gasteiger partial charge on any atom is -0.493 e. The van der Waals surface area contributed by atoms with E-state index in [1.807, 2.05) is 42.5 Å². The molecular weight excluding hydrogens is 346 g/mol. The first kappa shape index (κ1) is 17.0. The number of aromatic nitrogens is 2. The minimum atomic E-state index is 0.0121. The van der Waals surface area contributed by atoms with Gasteiger partial charge in [-0.3, -0.25) is 4.79 Å². The third-order valence-corrected chi connectivity index (χ3v) is 5.54. The van der Waals surface area contributed by atoms with Gasteiger partial charge in [0.15, 0.2) is 5.16 Å². The third-order valence-electron chi connectivity index (χ3n) is 4.56. The summed E-state index contributed by atoms with van der Waals surface area (Å²) in [4.78, 5) is 17.2. The average Bonchev–Trinajstić information content (AvgIpc) is 3.04. The van der Waals surface area contributed by atoms with E-state index in [2.05, 4.69) is 27.9 Å². The average molecular weight is 367 g/mol. The molecule has 0 saturated carbocycles. The lowest BCUT2D eigenvalue weighted by Gasteiger charge is -2.26. The van der Waals surface area contributed by atoms with Gasteiger partial charge in [-0.1, -0.05) is 42.1 Å².